The van der Waals surface area contributed by atoms with Gasteiger partial charge in [0.1, 0.15) is 0 Å². The second-order valence-electron chi connectivity index (χ2n) is 8.36. The molecule has 5 heteroatoms. The van der Waals surface area contributed by atoms with Gasteiger partial charge in [0, 0.05) is 29.2 Å². The highest BCUT2D eigenvalue weighted by Gasteiger charge is 2.58. The van der Waals surface area contributed by atoms with E-state index in [2.05, 4.69) is 46.5 Å². The van der Waals surface area contributed by atoms with Gasteiger partial charge in [-0.15, -0.1) is 0 Å². The third kappa shape index (κ3) is 3.25. The largest absolute Gasteiger partial charge is 0.581 e. The molecule has 1 heterocycles. The highest BCUT2D eigenvalue weighted by molar-refractivity contribution is 6.72. The molecule has 0 atom stereocenters. The van der Waals surface area contributed by atoms with Crippen molar-refractivity contribution in [1.82, 2.24) is 9.13 Å². The van der Waals surface area contributed by atoms with E-state index in [4.69, 9.17) is 0 Å². The molecule has 0 aliphatic carbocycles. The van der Waals surface area contributed by atoms with Crippen molar-refractivity contribution in [2.45, 2.75) is 66.5 Å². The van der Waals surface area contributed by atoms with Crippen LogP contribution in [0.1, 0.15) is 52.7 Å². The average Bonchev–Trinajstić information content (AvgIpc) is 2.71. The molecule has 1 aromatic carbocycles. The van der Waals surface area contributed by atoms with Crippen LogP contribution in [0.25, 0.3) is 0 Å². The SMILES string of the molecule is Cc1cccc(C)c1N[Si]1(F)N(C(C)(C)C)C=CN1C(C)(C)C. The molecule has 3 nitrogen and oxygen atoms in total. The van der Waals surface area contributed by atoms with Crippen LogP contribution in [-0.4, -0.2) is 29.1 Å². The maximum absolute atomic E-state index is 16.5. The molecule has 1 N–H and O–H groups in total. The number of anilines is 1. The van der Waals surface area contributed by atoms with Crippen LogP contribution in [0.4, 0.5) is 9.80 Å². The molecule has 0 fully saturated rings. The van der Waals surface area contributed by atoms with Gasteiger partial charge < -0.3 is 14.1 Å². The number of rotatable bonds is 2. The maximum Gasteiger partial charge on any atom is 0.581 e. The van der Waals surface area contributed by atoms with Crippen molar-refractivity contribution in [3.63, 3.8) is 0 Å². The third-order valence-corrected chi connectivity index (χ3v) is 7.70. The first-order chi connectivity index (χ1) is 10.4. The van der Waals surface area contributed by atoms with Gasteiger partial charge in [0.05, 0.1) is 0 Å². The van der Waals surface area contributed by atoms with Crippen LogP contribution in [0.3, 0.4) is 0 Å². The van der Waals surface area contributed by atoms with Gasteiger partial charge in [-0.3, -0.25) is 0 Å². The number of aryl methyl sites for hydroxylation is 2. The molecule has 0 saturated heterocycles. The Hall–Kier alpha value is -1.49. The molecule has 1 aliphatic rings. The Morgan fingerprint density at radius 3 is 1.61 bits per heavy atom. The van der Waals surface area contributed by atoms with Crippen molar-refractivity contribution in [2.24, 2.45) is 0 Å². The Kier molecular flexibility index (Phi) is 4.31. The van der Waals surface area contributed by atoms with Crippen molar-refractivity contribution in [1.29, 1.82) is 0 Å². The second-order valence-corrected chi connectivity index (χ2v) is 10.7. The summed E-state index contributed by atoms with van der Waals surface area (Å²) < 4.78 is 20.3. The molecule has 0 radical (unpaired) electrons. The molecule has 23 heavy (non-hydrogen) atoms. The Morgan fingerprint density at radius 2 is 1.26 bits per heavy atom. The number of benzene rings is 1. The summed E-state index contributed by atoms with van der Waals surface area (Å²) in [5.41, 5.74) is 2.48. The lowest BCUT2D eigenvalue weighted by Gasteiger charge is -2.47. The van der Waals surface area contributed by atoms with Gasteiger partial charge in [-0.05, 0) is 66.5 Å². The van der Waals surface area contributed by atoms with Crippen molar-refractivity contribution >= 4 is 14.6 Å². The number of hydrogen-bond donors (Lipinski definition) is 1. The van der Waals surface area contributed by atoms with E-state index in [1.54, 1.807) is 0 Å². The van der Waals surface area contributed by atoms with Crippen LogP contribution in [0.2, 0.25) is 0 Å². The molecular formula is C18H30FN3Si. The minimum absolute atomic E-state index is 0.291. The zero-order valence-corrected chi connectivity index (χ0v) is 16.7. The predicted molar refractivity (Wildman–Crippen MR) is 98.7 cm³/mol. The lowest BCUT2D eigenvalue weighted by atomic mass is 10.1. The van der Waals surface area contributed by atoms with E-state index < -0.39 is 8.89 Å². The van der Waals surface area contributed by atoms with E-state index in [0.29, 0.717) is 0 Å². The fraction of sp³-hybridized carbons (Fsp3) is 0.556. The number of hydrogen-bond acceptors (Lipinski definition) is 3. The van der Waals surface area contributed by atoms with Crippen molar-refractivity contribution in [2.75, 3.05) is 4.98 Å². The molecular weight excluding hydrogens is 305 g/mol. The summed E-state index contributed by atoms with van der Waals surface area (Å²) in [6, 6.07) is 6.06. The van der Waals surface area contributed by atoms with E-state index >= 15 is 4.11 Å². The van der Waals surface area contributed by atoms with Gasteiger partial charge in [-0.1, -0.05) is 18.2 Å². The quantitative estimate of drug-likeness (QED) is 0.618. The standard InChI is InChI=1S/C18H30FN3Si/c1-14-10-9-11-15(2)16(14)20-23(19)21(17(3,4)5)12-13-22(23)18(6,7)8/h9-13,20H,1-8H3. The molecule has 0 unspecified atom stereocenters. The topological polar surface area (TPSA) is 18.5 Å². The van der Waals surface area contributed by atoms with Crippen molar-refractivity contribution < 1.29 is 4.11 Å². The number of nitrogens with one attached hydrogen (secondary N) is 1. The number of nitrogens with zero attached hydrogens (tertiary/aromatic N) is 2. The van der Waals surface area contributed by atoms with E-state index in [9.17, 15) is 0 Å². The molecule has 2 rings (SSSR count). The molecule has 0 aromatic heterocycles. The summed E-state index contributed by atoms with van der Waals surface area (Å²) >= 11 is 0. The van der Waals surface area contributed by atoms with Crippen LogP contribution in [-0.2, 0) is 0 Å². The van der Waals surface area contributed by atoms with Gasteiger partial charge in [0.2, 0.25) is 0 Å². The van der Waals surface area contributed by atoms with E-state index in [1.165, 1.54) is 0 Å². The van der Waals surface area contributed by atoms with Gasteiger partial charge in [0.15, 0.2) is 0 Å². The minimum atomic E-state index is -3.61. The zero-order valence-electron chi connectivity index (χ0n) is 15.7. The fourth-order valence-electron chi connectivity index (χ4n) is 3.07. The molecule has 0 spiro atoms. The summed E-state index contributed by atoms with van der Waals surface area (Å²) in [5.74, 6) is 0. The monoisotopic (exact) mass is 335 g/mol. The van der Waals surface area contributed by atoms with Gasteiger partial charge >= 0.3 is 8.89 Å². The summed E-state index contributed by atoms with van der Waals surface area (Å²) in [6.45, 7) is 16.4. The van der Waals surface area contributed by atoms with Gasteiger partial charge in [-0.2, -0.15) is 0 Å². The van der Waals surface area contributed by atoms with Crippen LogP contribution < -0.4 is 4.98 Å². The second kappa shape index (κ2) is 5.55. The average molecular weight is 336 g/mol. The number of halogens is 1. The highest BCUT2D eigenvalue weighted by Crippen LogP contribution is 2.38. The maximum atomic E-state index is 16.5. The van der Waals surface area contributed by atoms with E-state index in [-0.39, 0.29) is 11.1 Å². The summed E-state index contributed by atoms with van der Waals surface area (Å²) in [6.07, 6.45) is 3.80. The first-order valence-electron chi connectivity index (χ1n) is 8.18. The van der Waals surface area contributed by atoms with Crippen LogP contribution >= 0.6 is 0 Å². The number of para-hydroxylation sites is 1. The van der Waals surface area contributed by atoms with Crippen molar-refractivity contribution in [3.8, 4) is 0 Å². The first kappa shape index (κ1) is 17.9. The fourth-order valence-corrected chi connectivity index (χ4v) is 6.57. The molecule has 0 amide bonds. The smallest absolute Gasteiger partial charge is 0.351 e. The predicted octanol–water partition coefficient (Wildman–Crippen LogP) is 4.81. The van der Waals surface area contributed by atoms with E-state index in [1.807, 2.05) is 53.6 Å². The Balaban J connectivity index is 2.51. The molecule has 0 bridgehead atoms. The van der Waals surface area contributed by atoms with Gasteiger partial charge in [-0.25, -0.2) is 4.11 Å². The third-order valence-electron chi connectivity index (χ3n) is 4.21. The van der Waals surface area contributed by atoms with Crippen LogP contribution in [0, 0.1) is 13.8 Å². The Bertz CT molecular complexity index is 569. The van der Waals surface area contributed by atoms with E-state index in [0.717, 1.165) is 16.8 Å². The normalized spacial score (nSPS) is 17.8. The molecule has 1 aliphatic heterocycles. The lowest BCUT2D eigenvalue weighted by molar-refractivity contribution is 0.236. The Labute approximate surface area is 141 Å². The minimum Gasteiger partial charge on any atom is -0.351 e. The van der Waals surface area contributed by atoms with Crippen LogP contribution in [0.5, 0.6) is 0 Å². The molecule has 128 valence electrons. The first-order valence-corrected chi connectivity index (χ1v) is 9.95. The van der Waals surface area contributed by atoms with Crippen molar-refractivity contribution in [3.05, 3.63) is 41.7 Å². The Morgan fingerprint density at radius 1 is 0.870 bits per heavy atom. The zero-order chi connectivity index (χ0) is 17.6. The summed E-state index contributed by atoms with van der Waals surface area (Å²) in [7, 11) is -3.61. The van der Waals surface area contributed by atoms with Gasteiger partial charge in [0.25, 0.3) is 0 Å². The highest BCUT2D eigenvalue weighted by atomic mass is 28.4. The molecule has 1 aromatic rings. The lowest BCUT2D eigenvalue weighted by Crippen LogP contribution is -2.69. The summed E-state index contributed by atoms with van der Waals surface area (Å²) in [4.78, 5) is 3.33. The summed E-state index contributed by atoms with van der Waals surface area (Å²) in [5, 5.41) is 0. The van der Waals surface area contributed by atoms with Crippen LogP contribution in [0.15, 0.2) is 30.6 Å². The molecule has 0 saturated carbocycles.